The highest BCUT2D eigenvalue weighted by Crippen LogP contribution is 1.81. The molecule has 2 nitrogen and oxygen atoms in total. The molecule has 2 heteroatoms. The van der Waals surface area contributed by atoms with Gasteiger partial charge in [-0.2, -0.15) is 0 Å². The van der Waals surface area contributed by atoms with Crippen LogP contribution in [-0.4, -0.2) is 24.9 Å². The smallest absolute Gasteiger partial charge is 0.0463 e. The topological polar surface area (TPSA) is 29.5 Å². The predicted molar refractivity (Wildman–Crippen MR) is 55.5 cm³/mol. The van der Waals surface area contributed by atoms with E-state index in [9.17, 15) is 0 Å². The normalized spacial score (nSPS) is 8.00. The molecule has 0 heterocycles. The lowest BCUT2D eigenvalue weighted by atomic mass is 10.5. The average molecular weight is 178 g/mol. The Labute approximate surface area is 77.9 Å². The van der Waals surface area contributed by atoms with Crippen molar-refractivity contribution in [2.45, 2.75) is 47.5 Å². The van der Waals surface area contributed by atoms with Gasteiger partial charge in [0.2, 0.25) is 0 Å². The minimum absolute atomic E-state index is 0. The molecule has 0 atom stereocenters. The number of aliphatic hydroxyl groups is 1. The Kier molecular flexibility index (Phi) is 33.4. The fourth-order valence-electron chi connectivity index (χ4n) is 0.391. The fraction of sp³-hybridized carbons (Fsp3) is 1.00. The fourth-order valence-corrected chi connectivity index (χ4v) is 0.391. The Hall–Kier alpha value is -0.0800. The van der Waals surface area contributed by atoms with Gasteiger partial charge in [0.05, 0.1) is 0 Å². The molecule has 0 saturated carbocycles. The molecule has 0 fully saturated rings. The quantitative estimate of drug-likeness (QED) is 0.656. The summed E-state index contributed by atoms with van der Waals surface area (Å²) in [5.41, 5.74) is 0. The molecular weight excluding hydrogens is 152 g/mol. The second kappa shape index (κ2) is 22.4. The van der Waals surface area contributed by atoms with E-state index in [4.69, 9.17) is 9.84 Å². The third-order valence-corrected chi connectivity index (χ3v) is 0.921. The van der Waals surface area contributed by atoms with Crippen LogP contribution < -0.4 is 0 Å². The van der Waals surface area contributed by atoms with Gasteiger partial charge in [0.25, 0.3) is 0 Å². The van der Waals surface area contributed by atoms with Gasteiger partial charge in [0.1, 0.15) is 0 Å². The lowest BCUT2D eigenvalue weighted by Crippen LogP contribution is -1.92. The molecule has 1 N–H and O–H groups in total. The molecule has 0 aliphatic heterocycles. The Morgan fingerprint density at radius 3 is 1.42 bits per heavy atom. The van der Waals surface area contributed by atoms with Crippen LogP contribution in [-0.2, 0) is 4.74 Å². The molecule has 0 aromatic rings. The Balaban J connectivity index is -0.000000142. The van der Waals surface area contributed by atoms with Crippen molar-refractivity contribution in [2.75, 3.05) is 19.8 Å². The van der Waals surface area contributed by atoms with Crippen LogP contribution in [0.5, 0.6) is 0 Å². The van der Waals surface area contributed by atoms with Crippen LogP contribution in [0.1, 0.15) is 47.5 Å². The molecule has 12 heavy (non-hydrogen) atoms. The summed E-state index contributed by atoms with van der Waals surface area (Å²) in [4.78, 5) is 0. The van der Waals surface area contributed by atoms with E-state index in [0.717, 1.165) is 32.5 Å². The maximum absolute atomic E-state index is 7.88. The molecule has 0 amide bonds. The van der Waals surface area contributed by atoms with Gasteiger partial charge >= 0.3 is 0 Å². The first kappa shape index (κ1) is 17.9. The number of hydrogen-bond donors (Lipinski definition) is 1. The standard InChI is InChI=1S/C6H14O.C3H8O.CH4/c1-3-5-7-6-4-2;1-2-3-4;/h3-6H2,1-2H3;4H,2-3H2,1H3;1H4. The van der Waals surface area contributed by atoms with Gasteiger partial charge < -0.3 is 9.84 Å². The van der Waals surface area contributed by atoms with Crippen LogP contribution in [0.3, 0.4) is 0 Å². The summed E-state index contributed by atoms with van der Waals surface area (Å²) < 4.78 is 5.13. The molecule has 0 bridgehead atoms. The summed E-state index contributed by atoms with van der Waals surface area (Å²) >= 11 is 0. The van der Waals surface area contributed by atoms with Crippen LogP contribution >= 0.6 is 0 Å². The van der Waals surface area contributed by atoms with E-state index >= 15 is 0 Å². The highest BCUT2D eigenvalue weighted by molar-refractivity contribution is 4.25. The summed E-state index contributed by atoms with van der Waals surface area (Å²) in [6.07, 6.45) is 3.15. The zero-order chi connectivity index (χ0) is 8.95. The number of ether oxygens (including phenoxy) is 1. The number of rotatable bonds is 5. The van der Waals surface area contributed by atoms with Crippen molar-refractivity contribution >= 4 is 0 Å². The summed E-state index contributed by atoms with van der Waals surface area (Å²) in [7, 11) is 0. The Bertz CT molecular complexity index is 41.1. The van der Waals surface area contributed by atoms with Crippen molar-refractivity contribution in [3.8, 4) is 0 Å². The minimum Gasteiger partial charge on any atom is -0.396 e. The molecule has 0 unspecified atom stereocenters. The van der Waals surface area contributed by atoms with Crippen LogP contribution in [0, 0.1) is 0 Å². The summed E-state index contributed by atoms with van der Waals surface area (Å²) in [5.74, 6) is 0. The maximum Gasteiger partial charge on any atom is 0.0463 e. The van der Waals surface area contributed by atoms with Gasteiger partial charge in [-0.3, -0.25) is 0 Å². The van der Waals surface area contributed by atoms with Crippen LogP contribution in [0.25, 0.3) is 0 Å². The molecule has 0 aliphatic rings. The van der Waals surface area contributed by atoms with Crippen molar-refractivity contribution in [3.05, 3.63) is 0 Å². The van der Waals surface area contributed by atoms with E-state index in [0.29, 0.717) is 6.61 Å². The third-order valence-electron chi connectivity index (χ3n) is 0.921. The van der Waals surface area contributed by atoms with Crippen molar-refractivity contribution in [1.29, 1.82) is 0 Å². The van der Waals surface area contributed by atoms with Gasteiger partial charge in [-0.25, -0.2) is 0 Å². The van der Waals surface area contributed by atoms with E-state index in [1.807, 2.05) is 6.92 Å². The lowest BCUT2D eigenvalue weighted by molar-refractivity contribution is 0.135. The van der Waals surface area contributed by atoms with E-state index < -0.39 is 0 Å². The van der Waals surface area contributed by atoms with E-state index in [1.165, 1.54) is 0 Å². The highest BCUT2D eigenvalue weighted by atomic mass is 16.5. The van der Waals surface area contributed by atoms with E-state index in [1.54, 1.807) is 0 Å². The van der Waals surface area contributed by atoms with Crippen molar-refractivity contribution < 1.29 is 9.84 Å². The highest BCUT2D eigenvalue weighted by Gasteiger charge is 1.77. The van der Waals surface area contributed by atoms with Gasteiger partial charge in [-0.05, 0) is 19.3 Å². The third kappa shape index (κ3) is 32.6. The van der Waals surface area contributed by atoms with Crippen LogP contribution in [0.15, 0.2) is 0 Å². The monoisotopic (exact) mass is 178 g/mol. The number of aliphatic hydroxyl groups excluding tert-OH is 1. The second-order valence-electron chi connectivity index (χ2n) is 2.34. The van der Waals surface area contributed by atoms with Crippen molar-refractivity contribution in [3.63, 3.8) is 0 Å². The Morgan fingerprint density at radius 2 is 1.25 bits per heavy atom. The molecule has 0 radical (unpaired) electrons. The van der Waals surface area contributed by atoms with Gasteiger partial charge in [0.15, 0.2) is 0 Å². The maximum atomic E-state index is 7.88. The second-order valence-corrected chi connectivity index (χ2v) is 2.34. The first-order chi connectivity index (χ1) is 5.33. The predicted octanol–water partition coefficient (Wildman–Crippen LogP) is 2.85. The molecule has 0 rings (SSSR count). The minimum atomic E-state index is 0. The lowest BCUT2D eigenvalue weighted by Gasteiger charge is -1.95. The first-order valence-electron chi connectivity index (χ1n) is 4.51. The molecule has 0 aromatic heterocycles. The molecule has 0 spiro atoms. The first-order valence-corrected chi connectivity index (χ1v) is 4.51. The molecular formula is C10H26O2. The molecule has 0 aromatic carbocycles. The molecule has 0 aliphatic carbocycles. The summed E-state index contributed by atoms with van der Waals surface area (Å²) in [5, 5.41) is 7.88. The van der Waals surface area contributed by atoms with Crippen molar-refractivity contribution in [2.24, 2.45) is 0 Å². The van der Waals surface area contributed by atoms with Crippen molar-refractivity contribution in [1.82, 2.24) is 0 Å². The molecule has 78 valence electrons. The number of hydrogen-bond acceptors (Lipinski definition) is 2. The average Bonchev–Trinajstić information content (AvgIpc) is 2.06. The summed E-state index contributed by atoms with van der Waals surface area (Å²) in [6, 6.07) is 0. The largest absolute Gasteiger partial charge is 0.396 e. The van der Waals surface area contributed by atoms with E-state index in [2.05, 4.69) is 13.8 Å². The Morgan fingerprint density at radius 1 is 0.917 bits per heavy atom. The summed E-state index contributed by atoms with van der Waals surface area (Å²) in [6.45, 7) is 8.34. The zero-order valence-electron chi connectivity index (χ0n) is 8.10. The van der Waals surface area contributed by atoms with Crippen LogP contribution in [0.2, 0.25) is 0 Å². The van der Waals surface area contributed by atoms with Gasteiger partial charge in [0, 0.05) is 19.8 Å². The van der Waals surface area contributed by atoms with Gasteiger partial charge in [-0.15, -0.1) is 0 Å². The molecule has 0 saturated heterocycles. The van der Waals surface area contributed by atoms with E-state index in [-0.39, 0.29) is 7.43 Å². The SMILES string of the molecule is C.CCCO.CCCOCCC. The van der Waals surface area contributed by atoms with Crippen LogP contribution in [0.4, 0.5) is 0 Å². The van der Waals surface area contributed by atoms with Gasteiger partial charge in [-0.1, -0.05) is 28.2 Å². The zero-order valence-corrected chi connectivity index (χ0v) is 8.10.